The molecule has 1 aromatic carbocycles. The second-order valence-corrected chi connectivity index (χ2v) is 11.4. The first kappa shape index (κ1) is 27.9. The fraction of sp³-hybridized carbons (Fsp3) is 0.323. The number of Topliss-reactive ketones (excluding diaryl/α,β-unsaturated/α-hetero) is 1. The molecule has 0 N–H and O–H groups in total. The first-order valence-electron chi connectivity index (χ1n) is 13.8. The lowest BCUT2D eigenvalue weighted by Crippen LogP contribution is -2.57. The Hall–Kier alpha value is -4.28. The minimum Gasteiger partial charge on any atom is -0.474 e. The maximum Gasteiger partial charge on any atom is 0.232 e. The summed E-state index contributed by atoms with van der Waals surface area (Å²) in [7, 11) is 4.14. The van der Waals surface area contributed by atoms with Gasteiger partial charge in [0.15, 0.2) is 11.2 Å². The number of rotatable bonds is 8. The highest BCUT2D eigenvalue weighted by atomic mass is 35.5. The second-order valence-electron chi connectivity index (χ2n) is 11.0. The predicted molar refractivity (Wildman–Crippen MR) is 162 cm³/mol. The summed E-state index contributed by atoms with van der Waals surface area (Å²) >= 11 is 6.21. The van der Waals surface area contributed by atoms with Crippen molar-refractivity contribution in [2.24, 2.45) is 0 Å². The molecule has 6 rings (SSSR count). The lowest BCUT2D eigenvalue weighted by Gasteiger charge is -2.43. The molecule has 4 aromatic rings. The Morgan fingerprint density at radius 3 is 2.57 bits per heavy atom. The Morgan fingerprint density at radius 1 is 1.10 bits per heavy atom. The number of carbonyl (C=O) groups is 2. The molecule has 0 unspecified atom stereocenters. The van der Waals surface area contributed by atoms with Gasteiger partial charge in [0.1, 0.15) is 17.4 Å². The average molecular weight is 587 g/mol. The summed E-state index contributed by atoms with van der Waals surface area (Å²) in [5, 5.41) is 0.780. The number of fused-ring (bicyclic) bond motifs is 1. The summed E-state index contributed by atoms with van der Waals surface area (Å²) in [5.74, 6) is 0.822. The molecule has 0 radical (unpaired) electrons. The lowest BCUT2D eigenvalue weighted by atomic mass is 10.1. The molecule has 5 heterocycles. The monoisotopic (exact) mass is 586 g/mol. The Morgan fingerprint density at radius 2 is 1.88 bits per heavy atom. The molecule has 11 heteroatoms. The van der Waals surface area contributed by atoms with E-state index in [1.165, 1.54) is 6.92 Å². The first-order chi connectivity index (χ1) is 20.2. The first-order valence-corrected chi connectivity index (χ1v) is 14.2. The molecule has 2 aliphatic rings. The van der Waals surface area contributed by atoms with Crippen molar-refractivity contribution in [1.82, 2.24) is 19.4 Å². The van der Waals surface area contributed by atoms with E-state index in [1.54, 1.807) is 52.3 Å². The van der Waals surface area contributed by atoms with Crippen LogP contribution in [0.1, 0.15) is 30.1 Å². The normalized spacial score (nSPS) is 17.3. The number of anilines is 2. The number of hydrogen-bond donors (Lipinski definition) is 0. The van der Waals surface area contributed by atoms with Crippen molar-refractivity contribution < 1.29 is 14.3 Å². The highest BCUT2D eigenvalue weighted by molar-refractivity contribution is 6.31. The molecule has 1 amide bonds. The molecule has 0 aliphatic carbocycles. The van der Waals surface area contributed by atoms with Gasteiger partial charge in [-0.3, -0.25) is 14.4 Å². The van der Waals surface area contributed by atoms with E-state index in [2.05, 4.69) is 33.9 Å². The van der Waals surface area contributed by atoms with Crippen LogP contribution >= 0.6 is 11.6 Å². The van der Waals surface area contributed by atoms with Crippen molar-refractivity contribution >= 4 is 45.7 Å². The van der Waals surface area contributed by atoms with E-state index in [9.17, 15) is 14.4 Å². The molecule has 2 fully saturated rings. The number of ether oxygens (including phenoxy) is 1. The van der Waals surface area contributed by atoms with Gasteiger partial charge in [0.05, 0.1) is 29.0 Å². The van der Waals surface area contributed by atoms with Gasteiger partial charge in [-0.1, -0.05) is 11.6 Å². The highest BCUT2D eigenvalue weighted by Gasteiger charge is 2.33. The summed E-state index contributed by atoms with van der Waals surface area (Å²) < 4.78 is 7.68. The molecule has 0 saturated carbocycles. The van der Waals surface area contributed by atoms with E-state index in [-0.39, 0.29) is 35.3 Å². The third-order valence-electron chi connectivity index (χ3n) is 8.04. The summed E-state index contributed by atoms with van der Waals surface area (Å²) in [4.78, 5) is 53.8. The summed E-state index contributed by atoms with van der Waals surface area (Å²) in [5.41, 5.74) is 1.64. The number of aromatic nitrogens is 3. The fourth-order valence-corrected chi connectivity index (χ4v) is 5.69. The molecule has 42 heavy (non-hydrogen) atoms. The van der Waals surface area contributed by atoms with Crippen LogP contribution in [0.25, 0.3) is 16.6 Å². The molecule has 0 spiro atoms. The van der Waals surface area contributed by atoms with Crippen LogP contribution in [0.5, 0.6) is 5.88 Å². The van der Waals surface area contributed by atoms with Gasteiger partial charge in [0.2, 0.25) is 11.8 Å². The van der Waals surface area contributed by atoms with E-state index in [0.29, 0.717) is 52.1 Å². The second kappa shape index (κ2) is 11.2. The van der Waals surface area contributed by atoms with Gasteiger partial charge < -0.3 is 24.0 Å². The van der Waals surface area contributed by atoms with Crippen molar-refractivity contribution in [3.63, 3.8) is 0 Å². The lowest BCUT2D eigenvalue weighted by molar-refractivity contribution is -0.117. The van der Waals surface area contributed by atoms with Gasteiger partial charge in [-0.2, -0.15) is 0 Å². The largest absolute Gasteiger partial charge is 0.474 e. The molecule has 2 saturated heterocycles. The van der Waals surface area contributed by atoms with Gasteiger partial charge in [-0.15, -0.1) is 0 Å². The molecule has 3 aromatic heterocycles. The number of pyridine rings is 3. The van der Waals surface area contributed by atoms with E-state index >= 15 is 0 Å². The quantitative estimate of drug-likeness (QED) is 0.286. The minimum absolute atomic E-state index is 0.0408. The molecule has 10 nitrogen and oxygen atoms in total. The predicted octanol–water partition coefficient (Wildman–Crippen LogP) is 3.96. The van der Waals surface area contributed by atoms with Crippen LogP contribution in [0.2, 0.25) is 5.02 Å². The minimum atomic E-state index is -0.349. The number of halogens is 1. The van der Waals surface area contributed by atoms with Crippen LogP contribution in [0.4, 0.5) is 11.5 Å². The van der Waals surface area contributed by atoms with Crippen molar-refractivity contribution in [2.45, 2.75) is 31.8 Å². The van der Waals surface area contributed by atoms with Gasteiger partial charge in [-0.05, 0) is 69.9 Å². The Bertz CT molecular complexity index is 1730. The van der Waals surface area contributed by atoms with Gasteiger partial charge >= 0.3 is 0 Å². The third kappa shape index (κ3) is 5.12. The van der Waals surface area contributed by atoms with Crippen molar-refractivity contribution in [3.8, 4) is 11.6 Å². The zero-order chi connectivity index (χ0) is 29.5. The zero-order valence-electron chi connectivity index (χ0n) is 23.7. The van der Waals surface area contributed by atoms with Crippen LogP contribution in [-0.2, 0) is 4.79 Å². The smallest absolute Gasteiger partial charge is 0.232 e. The van der Waals surface area contributed by atoms with Gasteiger partial charge in [0, 0.05) is 49.0 Å². The van der Waals surface area contributed by atoms with Crippen molar-refractivity contribution in [3.05, 3.63) is 81.9 Å². The SMILES string of the molecule is CC(=O)c1cn(-c2ccc(N3CC(N(C)C)C3)nc2)c2cc(N3C(=O)CC[C@@H]3COc3ncccc3Cl)ccc2c1=O. The van der Waals surface area contributed by atoms with Crippen LogP contribution in [-0.4, -0.2) is 77.0 Å². The van der Waals surface area contributed by atoms with E-state index in [0.717, 1.165) is 18.9 Å². The topological polar surface area (TPSA) is 101 Å². The number of benzene rings is 1. The third-order valence-corrected chi connectivity index (χ3v) is 8.32. The number of ketones is 1. The van der Waals surface area contributed by atoms with Crippen LogP contribution in [0, 0.1) is 0 Å². The number of carbonyl (C=O) groups excluding carboxylic acids is 2. The number of amides is 1. The van der Waals surface area contributed by atoms with Crippen LogP contribution in [0.3, 0.4) is 0 Å². The zero-order valence-corrected chi connectivity index (χ0v) is 24.4. The Balaban J connectivity index is 1.36. The Labute approximate surface area is 248 Å². The molecule has 216 valence electrons. The molecular weight excluding hydrogens is 556 g/mol. The van der Waals surface area contributed by atoms with Gasteiger partial charge in [0.25, 0.3) is 0 Å². The van der Waals surface area contributed by atoms with Crippen molar-refractivity contribution in [1.29, 1.82) is 0 Å². The van der Waals surface area contributed by atoms with E-state index in [1.807, 2.05) is 18.2 Å². The fourth-order valence-electron chi connectivity index (χ4n) is 5.51. The highest BCUT2D eigenvalue weighted by Crippen LogP contribution is 2.31. The van der Waals surface area contributed by atoms with Crippen LogP contribution < -0.4 is 20.0 Å². The van der Waals surface area contributed by atoms with Crippen molar-refractivity contribution in [2.75, 3.05) is 43.6 Å². The van der Waals surface area contributed by atoms with Crippen LogP contribution in [0.15, 0.2) is 65.8 Å². The van der Waals surface area contributed by atoms with E-state index in [4.69, 9.17) is 16.3 Å². The molecule has 1 atom stereocenters. The average Bonchev–Trinajstić information content (AvgIpc) is 3.32. The standard InChI is InChI=1S/C31H31ClN6O4/c1-19(39)25-17-37(21-7-10-28(34-14-21)36-15-23(16-36)35(2)3)27-13-20(6-9-24(27)30(25)41)38-22(8-11-29(38)40)18-42-31-26(32)5-4-12-33-31/h4-7,9-10,12-14,17,22-23H,8,11,15-16,18H2,1-3H3/t22-/m1/s1. The Kier molecular flexibility index (Phi) is 7.42. The summed E-state index contributed by atoms with van der Waals surface area (Å²) in [6, 6.07) is 12.8. The summed E-state index contributed by atoms with van der Waals surface area (Å²) in [6.45, 7) is 3.40. The number of hydrogen-bond acceptors (Lipinski definition) is 8. The maximum absolute atomic E-state index is 13.3. The van der Waals surface area contributed by atoms with Gasteiger partial charge in [-0.25, -0.2) is 9.97 Å². The maximum atomic E-state index is 13.3. The number of likely N-dealkylation sites (N-methyl/N-ethyl adjacent to an activating group) is 1. The molecule has 2 aliphatic heterocycles. The van der Waals surface area contributed by atoms with E-state index < -0.39 is 0 Å². The number of nitrogens with zero attached hydrogens (tertiary/aromatic N) is 6. The molecule has 0 bridgehead atoms. The molecular formula is C31H31ClN6O4. The summed E-state index contributed by atoms with van der Waals surface area (Å²) in [6.07, 6.45) is 5.88.